The van der Waals surface area contributed by atoms with Gasteiger partial charge in [0, 0.05) is 24.7 Å². The largest absolute Gasteiger partial charge is 0.478 e. The third-order valence-corrected chi connectivity index (χ3v) is 5.12. The second-order valence-corrected chi connectivity index (χ2v) is 6.84. The lowest BCUT2D eigenvalue weighted by atomic mass is 9.77. The SMILES string of the molecule is CN1C[C@H]2CCCC[C@H]2C1c1ccc(C#N)cc1.O.O=C(O)/C=C/C(=O)O. The molecule has 4 N–H and O–H groups in total. The number of hydrogen-bond donors (Lipinski definition) is 2. The lowest BCUT2D eigenvalue weighted by Gasteiger charge is -2.30. The first-order valence-electron chi connectivity index (χ1n) is 8.76. The maximum atomic E-state index is 9.55. The Kier molecular flexibility index (Phi) is 8.66. The molecule has 0 aromatic heterocycles. The topological polar surface area (TPSA) is 133 Å². The van der Waals surface area contributed by atoms with Crippen molar-refractivity contribution in [1.29, 1.82) is 5.26 Å². The summed E-state index contributed by atoms with van der Waals surface area (Å²) in [6, 6.07) is 11.0. The van der Waals surface area contributed by atoms with Gasteiger partial charge in [0.1, 0.15) is 0 Å². The van der Waals surface area contributed by atoms with Crippen LogP contribution in [-0.2, 0) is 9.59 Å². The molecule has 1 aliphatic heterocycles. The molecule has 0 radical (unpaired) electrons. The number of nitriles is 1. The van der Waals surface area contributed by atoms with E-state index in [9.17, 15) is 9.59 Å². The van der Waals surface area contributed by atoms with Crippen molar-refractivity contribution in [2.45, 2.75) is 31.7 Å². The smallest absolute Gasteiger partial charge is 0.328 e. The minimum Gasteiger partial charge on any atom is -0.478 e. The maximum Gasteiger partial charge on any atom is 0.328 e. The molecular formula is C20H26N2O5. The van der Waals surface area contributed by atoms with Crippen molar-refractivity contribution in [1.82, 2.24) is 4.90 Å². The Labute approximate surface area is 158 Å². The van der Waals surface area contributed by atoms with Crippen LogP contribution in [-0.4, -0.2) is 46.1 Å². The van der Waals surface area contributed by atoms with Gasteiger partial charge in [-0.2, -0.15) is 5.26 Å². The van der Waals surface area contributed by atoms with E-state index in [0.717, 1.165) is 17.4 Å². The molecule has 1 aliphatic carbocycles. The van der Waals surface area contributed by atoms with Crippen LogP contribution in [0.15, 0.2) is 36.4 Å². The summed E-state index contributed by atoms with van der Waals surface area (Å²) in [7, 11) is 2.25. The van der Waals surface area contributed by atoms with Gasteiger partial charge in [0.25, 0.3) is 0 Å². The molecule has 2 fully saturated rings. The highest BCUT2D eigenvalue weighted by Crippen LogP contribution is 2.47. The predicted octanol–water partition coefficient (Wildman–Crippen LogP) is 2.24. The first kappa shape index (κ1) is 22.4. The molecule has 1 aromatic carbocycles. The van der Waals surface area contributed by atoms with E-state index in [4.69, 9.17) is 15.5 Å². The van der Waals surface area contributed by atoms with Gasteiger partial charge in [-0.05, 0) is 49.4 Å². The minimum atomic E-state index is -1.26. The summed E-state index contributed by atoms with van der Waals surface area (Å²) < 4.78 is 0. The number of fused-ring (bicyclic) bond motifs is 1. The highest BCUT2D eigenvalue weighted by molar-refractivity contribution is 5.89. The van der Waals surface area contributed by atoms with Gasteiger partial charge in [0.05, 0.1) is 11.6 Å². The Morgan fingerprint density at radius 2 is 1.67 bits per heavy atom. The standard InChI is InChI=1S/C16H20N2.C4H4O4.H2O/c1-18-11-14-4-2-3-5-15(14)16(18)13-8-6-12(10-17)7-9-13;5-3(6)1-2-4(7)8;/h6-9,14-16H,2-5,11H2,1H3;1-2H,(H,5,6)(H,7,8);1H2/b;2-1+;/t14-,15-,16?;;/m1../s1. The number of aliphatic carboxylic acids is 2. The molecule has 27 heavy (non-hydrogen) atoms. The molecule has 3 rings (SSSR count). The molecule has 7 nitrogen and oxygen atoms in total. The minimum absolute atomic E-state index is 0. The van der Waals surface area contributed by atoms with E-state index < -0.39 is 11.9 Å². The van der Waals surface area contributed by atoms with Crippen LogP contribution in [0.3, 0.4) is 0 Å². The number of rotatable bonds is 3. The zero-order valence-electron chi connectivity index (χ0n) is 15.3. The van der Waals surface area contributed by atoms with E-state index in [1.54, 1.807) is 0 Å². The Hall–Kier alpha value is -2.69. The number of carboxylic acids is 2. The van der Waals surface area contributed by atoms with E-state index in [1.807, 2.05) is 12.1 Å². The van der Waals surface area contributed by atoms with Gasteiger partial charge in [-0.25, -0.2) is 9.59 Å². The number of nitrogens with zero attached hydrogens (tertiary/aromatic N) is 2. The van der Waals surface area contributed by atoms with E-state index >= 15 is 0 Å². The average Bonchev–Trinajstić information content (AvgIpc) is 2.96. The van der Waals surface area contributed by atoms with E-state index in [-0.39, 0.29) is 5.48 Å². The Morgan fingerprint density at radius 3 is 2.19 bits per heavy atom. The summed E-state index contributed by atoms with van der Waals surface area (Å²) in [6.07, 6.45) is 6.70. The van der Waals surface area contributed by atoms with Gasteiger partial charge < -0.3 is 15.7 Å². The fraction of sp³-hybridized carbons (Fsp3) is 0.450. The molecule has 0 bridgehead atoms. The van der Waals surface area contributed by atoms with E-state index in [0.29, 0.717) is 18.2 Å². The summed E-state index contributed by atoms with van der Waals surface area (Å²) in [5, 5.41) is 24.5. The average molecular weight is 374 g/mol. The zero-order valence-corrected chi connectivity index (χ0v) is 15.3. The number of likely N-dealkylation sites (tertiary alicyclic amines) is 1. The van der Waals surface area contributed by atoms with Crippen molar-refractivity contribution in [3.05, 3.63) is 47.5 Å². The number of carboxylic acid groups (broad SMARTS) is 2. The Bertz CT molecular complexity index is 692. The first-order chi connectivity index (χ1) is 12.4. The summed E-state index contributed by atoms with van der Waals surface area (Å²) in [5.74, 6) is -0.791. The number of benzene rings is 1. The second kappa shape index (κ2) is 10.5. The summed E-state index contributed by atoms with van der Waals surface area (Å²) in [6.45, 7) is 1.25. The van der Waals surface area contributed by atoms with Crippen molar-refractivity contribution >= 4 is 11.9 Å². The Morgan fingerprint density at radius 1 is 1.11 bits per heavy atom. The fourth-order valence-corrected chi connectivity index (χ4v) is 4.09. The van der Waals surface area contributed by atoms with Crippen molar-refractivity contribution in [2.75, 3.05) is 13.6 Å². The van der Waals surface area contributed by atoms with Crippen LogP contribution in [0.25, 0.3) is 0 Å². The van der Waals surface area contributed by atoms with Gasteiger partial charge in [-0.3, -0.25) is 4.90 Å². The lowest BCUT2D eigenvalue weighted by molar-refractivity contribution is -0.134. The maximum absolute atomic E-state index is 9.55. The van der Waals surface area contributed by atoms with Crippen LogP contribution in [0.5, 0.6) is 0 Å². The van der Waals surface area contributed by atoms with Crippen LogP contribution in [0.2, 0.25) is 0 Å². The summed E-state index contributed by atoms with van der Waals surface area (Å²) in [5.41, 5.74) is 2.16. The third kappa shape index (κ3) is 6.20. The van der Waals surface area contributed by atoms with Crippen molar-refractivity contribution in [3.63, 3.8) is 0 Å². The van der Waals surface area contributed by atoms with Gasteiger partial charge in [-0.1, -0.05) is 25.0 Å². The zero-order chi connectivity index (χ0) is 19.1. The first-order valence-corrected chi connectivity index (χ1v) is 8.76. The fourth-order valence-electron chi connectivity index (χ4n) is 4.09. The summed E-state index contributed by atoms with van der Waals surface area (Å²) in [4.78, 5) is 21.6. The highest BCUT2D eigenvalue weighted by Gasteiger charge is 2.41. The molecule has 1 heterocycles. The molecule has 0 amide bonds. The van der Waals surface area contributed by atoms with Crippen LogP contribution in [0.1, 0.15) is 42.9 Å². The van der Waals surface area contributed by atoms with Crippen molar-refractivity contribution < 1.29 is 25.3 Å². The highest BCUT2D eigenvalue weighted by atomic mass is 16.4. The molecule has 3 atom stereocenters. The molecule has 1 saturated carbocycles. The molecule has 1 unspecified atom stereocenters. The molecule has 0 spiro atoms. The third-order valence-electron chi connectivity index (χ3n) is 5.12. The van der Waals surface area contributed by atoms with Crippen molar-refractivity contribution in [3.8, 4) is 6.07 Å². The predicted molar refractivity (Wildman–Crippen MR) is 100 cm³/mol. The molecule has 1 aromatic rings. The summed E-state index contributed by atoms with van der Waals surface area (Å²) >= 11 is 0. The lowest BCUT2D eigenvalue weighted by Crippen LogP contribution is -2.22. The van der Waals surface area contributed by atoms with Crippen molar-refractivity contribution in [2.24, 2.45) is 11.8 Å². The van der Waals surface area contributed by atoms with Crippen LogP contribution in [0, 0.1) is 23.2 Å². The molecule has 146 valence electrons. The molecule has 1 saturated heterocycles. The molecular weight excluding hydrogens is 348 g/mol. The van der Waals surface area contributed by atoms with Crippen LogP contribution in [0.4, 0.5) is 0 Å². The van der Waals surface area contributed by atoms with Gasteiger partial charge in [-0.15, -0.1) is 0 Å². The van der Waals surface area contributed by atoms with Crippen LogP contribution < -0.4 is 0 Å². The van der Waals surface area contributed by atoms with Gasteiger partial charge in [0.15, 0.2) is 0 Å². The second-order valence-electron chi connectivity index (χ2n) is 6.84. The monoisotopic (exact) mass is 374 g/mol. The van der Waals surface area contributed by atoms with Gasteiger partial charge in [0.2, 0.25) is 0 Å². The Balaban J connectivity index is 0.000000350. The molecule has 2 aliphatic rings. The normalized spacial score (nSPS) is 24.1. The quantitative estimate of drug-likeness (QED) is 0.779. The van der Waals surface area contributed by atoms with Crippen LogP contribution >= 0.6 is 0 Å². The van der Waals surface area contributed by atoms with E-state index in [2.05, 4.69) is 30.1 Å². The number of hydrogen-bond acceptors (Lipinski definition) is 4. The number of carbonyl (C=O) groups is 2. The van der Waals surface area contributed by atoms with E-state index in [1.165, 1.54) is 37.8 Å². The van der Waals surface area contributed by atoms with Gasteiger partial charge >= 0.3 is 11.9 Å². The molecule has 7 heteroatoms.